The lowest BCUT2D eigenvalue weighted by atomic mass is 10.1. The van der Waals surface area contributed by atoms with Crippen LogP contribution in [-0.2, 0) is 11.2 Å². The van der Waals surface area contributed by atoms with E-state index >= 15 is 0 Å². The number of carbonyl (C=O) groups is 2. The molecule has 1 aliphatic heterocycles. The van der Waals surface area contributed by atoms with Crippen LogP contribution in [0.25, 0.3) is 6.08 Å². The van der Waals surface area contributed by atoms with Gasteiger partial charge in [-0.1, -0.05) is 43.0 Å². The molecule has 1 saturated heterocycles. The molecule has 7 heteroatoms. The minimum absolute atomic E-state index is 0.227. The molecule has 0 unspecified atom stereocenters. The molecule has 0 radical (unpaired) electrons. The van der Waals surface area contributed by atoms with Crippen molar-refractivity contribution < 1.29 is 19.1 Å². The number of benzene rings is 2. The average Bonchev–Trinajstić information content (AvgIpc) is 3.01. The van der Waals surface area contributed by atoms with E-state index < -0.39 is 0 Å². The van der Waals surface area contributed by atoms with Gasteiger partial charge in [0.15, 0.2) is 11.5 Å². The van der Waals surface area contributed by atoms with Gasteiger partial charge in [0.05, 0.1) is 15.1 Å². The Bertz CT molecular complexity index is 991. The second kappa shape index (κ2) is 11.4. The molecule has 0 aromatic heterocycles. The zero-order valence-corrected chi connectivity index (χ0v) is 20.3. The van der Waals surface area contributed by atoms with E-state index in [1.165, 1.54) is 10.5 Å². The summed E-state index contributed by atoms with van der Waals surface area (Å²) >= 11 is 3.15. The highest BCUT2D eigenvalue weighted by atomic mass is 127. The Morgan fingerprint density at radius 2 is 1.94 bits per heavy atom. The lowest BCUT2D eigenvalue weighted by Crippen LogP contribution is -2.29. The molecule has 2 aromatic carbocycles. The van der Waals surface area contributed by atoms with Crippen molar-refractivity contribution in [2.24, 2.45) is 0 Å². The number of rotatable bonds is 10. The Kier molecular flexibility index (Phi) is 8.60. The van der Waals surface area contributed by atoms with Crippen molar-refractivity contribution in [3.05, 3.63) is 74.7 Å². The van der Waals surface area contributed by atoms with Gasteiger partial charge in [0.25, 0.3) is 11.1 Å². The lowest BCUT2D eigenvalue weighted by molar-refractivity contribution is -0.122. The highest BCUT2D eigenvalue weighted by Gasteiger charge is 2.34. The first-order valence-electron chi connectivity index (χ1n) is 10.0. The summed E-state index contributed by atoms with van der Waals surface area (Å²) in [7, 11) is 0. The molecule has 3 rings (SSSR count). The van der Waals surface area contributed by atoms with E-state index in [4.69, 9.17) is 9.47 Å². The van der Waals surface area contributed by atoms with E-state index in [-0.39, 0.29) is 11.1 Å². The first-order chi connectivity index (χ1) is 15.0. The van der Waals surface area contributed by atoms with Crippen molar-refractivity contribution in [3.8, 4) is 11.5 Å². The van der Waals surface area contributed by atoms with E-state index in [0.29, 0.717) is 36.2 Å². The van der Waals surface area contributed by atoms with Crippen molar-refractivity contribution in [1.82, 2.24) is 4.90 Å². The molecule has 0 aliphatic carbocycles. The van der Waals surface area contributed by atoms with Crippen molar-refractivity contribution >= 4 is 51.6 Å². The van der Waals surface area contributed by atoms with Gasteiger partial charge >= 0.3 is 0 Å². The van der Waals surface area contributed by atoms with Gasteiger partial charge in [-0.25, -0.2) is 0 Å². The Balaban J connectivity index is 1.73. The number of thioether (sulfide) groups is 1. The largest absolute Gasteiger partial charge is 0.490 e. The predicted molar refractivity (Wildman–Crippen MR) is 133 cm³/mol. The standard InChI is InChI=1S/C24H24INO4S/c1-3-13-30-22-19(25)14-18(15-20(22)29-4-2)16-21-23(27)26(24(28)31-21)12-8-11-17-9-6-5-7-10-17/h3,5-7,9-10,14-16H,1,4,8,11-13H2,2H3/b21-16+. The van der Waals surface area contributed by atoms with Crippen molar-refractivity contribution in [3.63, 3.8) is 0 Å². The van der Waals surface area contributed by atoms with Crippen LogP contribution in [0.3, 0.4) is 0 Å². The fraction of sp³-hybridized carbons (Fsp3) is 0.250. The number of halogens is 1. The van der Waals surface area contributed by atoms with Gasteiger partial charge in [0, 0.05) is 6.54 Å². The summed E-state index contributed by atoms with van der Waals surface area (Å²) < 4.78 is 12.3. The first kappa shape index (κ1) is 23.4. The van der Waals surface area contributed by atoms with E-state index in [1.54, 1.807) is 12.2 Å². The van der Waals surface area contributed by atoms with Crippen molar-refractivity contribution in [1.29, 1.82) is 0 Å². The molecule has 1 fully saturated rings. The Hall–Kier alpha value is -2.26. The summed E-state index contributed by atoms with van der Waals surface area (Å²) in [5, 5.41) is -0.227. The molecule has 2 aromatic rings. The fourth-order valence-electron chi connectivity index (χ4n) is 3.15. The fourth-order valence-corrected chi connectivity index (χ4v) is 4.79. The SMILES string of the molecule is C=CCOc1c(I)cc(/C=C2/SC(=O)N(CCCc3ccccc3)C2=O)cc1OCC. The number of carbonyl (C=O) groups excluding carboxylic acids is 2. The van der Waals surface area contributed by atoms with Gasteiger partial charge in [-0.2, -0.15) is 0 Å². The van der Waals surface area contributed by atoms with Crippen LogP contribution in [0.15, 0.2) is 60.0 Å². The summed E-state index contributed by atoms with van der Waals surface area (Å²) in [4.78, 5) is 27.0. The second-order valence-electron chi connectivity index (χ2n) is 6.79. The van der Waals surface area contributed by atoms with Crippen LogP contribution in [0, 0.1) is 3.57 Å². The van der Waals surface area contributed by atoms with Crippen LogP contribution < -0.4 is 9.47 Å². The molecule has 0 spiro atoms. The molecule has 0 N–H and O–H groups in total. The molecule has 0 atom stereocenters. The average molecular weight is 549 g/mol. The van der Waals surface area contributed by atoms with Crippen LogP contribution in [-0.4, -0.2) is 35.8 Å². The molecule has 2 amide bonds. The van der Waals surface area contributed by atoms with E-state index in [1.807, 2.05) is 49.4 Å². The number of amides is 2. The van der Waals surface area contributed by atoms with Crippen LogP contribution >= 0.6 is 34.4 Å². The minimum Gasteiger partial charge on any atom is -0.490 e. The highest BCUT2D eigenvalue weighted by Crippen LogP contribution is 2.37. The molecular formula is C24H24INO4S. The van der Waals surface area contributed by atoms with Gasteiger partial charge in [0.1, 0.15) is 6.61 Å². The van der Waals surface area contributed by atoms with Crippen LogP contribution in [0.5, 0.6) is 11.5 Å². The van der Waals surface area contributed by atoms with Crippen LogP contribution in [0.4, 0.5) is 4.79 Å². The summed E-state index contributed by atoms with van der Waals surface area (Å²) in [6, 6.07) is 13.8. The number of hydrogen-bond acceptors (Lipinski definition) is 5. The number of ether oxygens (including phenoxy) is 2. The van der Waals surface area contributed by atoms with E-state index in [0.717, 1.165) is 33.7 Å². The van der Waals surface area contributed by atoms with Gasteiger partial charge < -0.3 is 9.47 Å². The Labute approximate surface area is 200 Å². The van der Waals surface area contributed by atoms with Gasteiger partial charge in [-0.3, -0.25) is 14.5 Å². The minimum atomic E-state index is -0.247. The van der Waals surface area contributed by atoms with E-state index in [9.17, 15) is 9.59 Å². The number of aryl methyl sites for hydroxylation is 1. The van der Waals surface area contributed by atoms with Gasteiger partial charge in [0.2, 0.25) is 0 Å². The van der Waals surface area contributed by atoms with Crippen LogP contribution in [0.2, 0.25) is 0 Å². The summed E-state index contributed by atoms with van der Waals surface area (Å²) in [5.74, 6) is 1.00. The molecular weight excluding hydrogens is 525 g/mol. The Morgan fingerprint density at radius 3 is 2.65 bits per heavy atom. The van der Waals surface area contributed by atoms with Crippen LogP contribution in [0.1, 0.15) is 24.5 Å². The number of hydrogen-bond donors (Lipinski definition) is 0. The molecule has 5 nitrogen and oxygen atoms in total. The predicted octanol–water partition coefficient (Wildman–Crippen LogP) is 5.92. The number of imide groups is 1. The smallest absolute Gasteiger partial charge is 0.293 e. The van der Waals surface area contributed by atoms with Crippen molar-refractivity contribution in [2.45, 2.75) is 19.8 Å². The molecule has 1 heterocycles. The summed E-state index contributed by atoms with van der Waals surface area (Å²) in [6.45, 7) is 6.84. The topological polar surface area (TPSA) is 55.8 Å². The monoisotopic (exact) mass is 549 g/mol. The third-order valence-corrected chi connectivity index (χ3v) is 6.25. The van der Waals surface area contributed by atoms with Gasteiger partial charge in [-0.05, 0) is 83.5 Å². The second-order valence-corrected chi connectivity index (χ2v) is 8.94. The summed E-state index contributed by atoms with van der Waals surface area (Å²) in [5.41, 5.74) is 1.98. The first-order valence-corrected chi connectivity index (χ1v) is 11.9. The third-order valence-electron chi connectivity index (χ3n) is 4.54. The molecule has 31 heavy (non-hydrogen) atoms. The maximum absolute atomic E-state index is 12.8. The zero-order valence-electron chi connectivity index (χ0n) is 17.3. The van der Waals surface area contributed by atoms with E-state index in [2.05, 4.69) is 29.2 Å². The molecule has 0 saturated carbocycles. The maximum atomic E-state index is 12.8. The third kappa shape index (κ3) is 6.13. The quantitative estimate of drug-likeness (QED) is 0.209. The number of nitrogens with zero attached hydrogens (tertiary/aromatic N) is 1. The Morgan fingerprint density at radius 1 is 1.16 bits per heavy atom. The maximum Gasteiger partial charge on any atom is 0.293 e. The highest BCUT2D eigenvalue weighted by molar-refractivity contribution is 14.1. The zero-order chi connectivity index (χ0) is 22.2. The molecule has 162 valence electrons. The molecule has 0 bridgehead atoms. The lowest BCUT2D eigenvalue weighted by Gasteiger charge is -2.14. The van der Waals surface area contributed by atoms with Crippen molar-refractivity contribution in [2.75, 3.05) is 19.8 Å². The normalized spacial score (nSPS) is 14.9. The molecule has 1 aliphatic rings. The summed E-state index contributed by atoms with van der Waals surface area (Å²) in [6.07, 6.45) is 4.97. The van der Waals surface area contributed by atoms with Gasteiger partial charge in [-0.15, -0.1) is 0 Å².